The second kappa shape index (κ2) is 4.55. The summed E-state index contributed by atoms with van der Waals surface area (Å²) in [4.78, 5) is 0. The molecule has 1 fully saturated rings. The van der Waals surface area contributed by atoms with Crippen molar-refractivity contribution in [1.82, 2.24) is 0 Å². The number of rotatable bonds is 3. The summed E-state index contributed by atoms with van der Waals surface area (Å²) in [6.45, 7) is 1.53. The number of aliphatic hydroxyl groups is 1. The zero-order valence-electron chi connectivity index (χ0n) is 7.98. The second-order valence-corrected chi connectivity index (χ2v) is 3.29. The van der Waals surface area contributed by atoms with Crippen LogP contribution in [0.3, 0.4) is 0 Å². The maximum atomic E-state index is 8.75. The average Bonchev–Trinajstić information content (AvgIpc) is 2.72. The Morgan fingerprint density at radius 2 is 1.79 bits per heavy atom. The summed E-state index contributed by atoms with van der Waals surface area (Å²) >= 11 is 0. The van der Waals surface area contributed by atoms with Crippen molar-refractivity contribution in [2.75, 3.05) is 19.8 Å². The lowest BCUT2D eigenvalue weighted by Crippen LogP contribution is -1.98. The Labute approximate surface area is 83.3 Å². The molecule has 0 spiro atoms. The van der Waals surface area contributed by atoms with Gasteiger partial charge < -0.3 is 14.6 Å². The van der Waals surface area contributed by atoms with E-state index in [4.69, 9.17) is 14.6 Å². The lowest BCUT2D eigenvalue weighted by atomic mass is 10.1. The Hall–Kier alpha value is -0.900. The highest BCUT2D eigenvalue weighted by atomic mass is 16.7. The Kier molecular flexibility index (Phi) is 3.14. The first-order valence-corrected chi connectivity index (χ1v) is 4.83. The molecular formula is C11H14O3. The molecule has 1 heterocycles. The number of benzene rings is 1. The Bertz CT molecular complexity index is 275. The van der Waals surface area contributed by atoms with Gasteiger partial charge in [-0.15, -0.1) is 0 Å². The molecule has 1 aliphatic heterocycles. The van der Waals surface area contributed by atoms with Crippen LogP contribution in [0.5, 0.6) is 0 Å². The number of hydrogen-bond donors (Lipinski definition) is 1. The first-order valence-electron chi connectivity index (χ1n) is 4.83. The van der Waals surface area contributed by atoms with Crippen molar-refractivity contribution < 1.29 is 14.6 Å². The molecule has 3 heteroatoms. The van der Waals surface area contributed by atoms with E-state index < -0.39 is 0 Å². The van der Waals surface area contributed by atoms with Crippen LogP contribution in [0.25, 0.3) is 0 Å². The van der Waals surface area contributed by atoms with Gasteiger partial charge in [0.25, 0.3) is 0 Å². The van der Waals surface area contributed by atoms with Crippen LogP contribution in [0.4, 0.5) is 0 Å². The molecule has 2 rings (SSSR count). The van der Waals surface area contributed by atoms with Crippen molar-refractivity contribution in [3.63, 3.8) is 0 Å². The molecule has 0 bridgehead atoms. The molecule has 0 aromatic heterocycles. The molecule has 1 saturated heterocycles. The van der Waals surface area contributed by atoms with Gasteiger partial charge in [-0.1, -0.05) is 24.3 Å². The highest BCUT2D eigenvalue weighted by molar-refractivity contribution is 5.23. The van der Waals surface area contributed by atoms with E-state index in [9.17, 15) is 0 Å². The SMILES string of the molecule is OCCc1ccc(C2OCCO2)cc1. The van der Waals surface area contributed by atoms with E-state index in [-0.39, 0.29) is 12.9 Å². The number of aliphatic hydroxyl groups excluding tert-OH is 1. The highest BCUT2D eigenvalue weighted by Crippen LogP contribution is 2.23. The van der Waals surface area contributed by atoms with Gasteiger partial charge in [0.1, 0.15) is 0 Å². The molecule has 0 unspecified atom stereocenters. The van der Waals surface area contributed by atoms with Crippen molar-refractivity contribution in [3.05, 3.63) is 35.4 Å². The standard InChI is InChI=1S/C11H14O3/c12-6-5-9-1-3-10(4-2-9)11-13-7-8-14-11/h1-4,11-12H,5-8H2. The van der Waals surface area contributed by atoms with Gasteiger partial charge in [-0.05, 0) is 12.0 Å². The predicted octanol–water partition coefficient (Wildman–Crippen LogP) is 1.27. The zero-order chi connectivity index (χ0) is 9.80. The van der Waals surface area contributed by atoms with Gasteiger partial charge in [0.05, 0.1) is 13.2 Å². The minimum atomic E-state index is -0.196. The van der Waals surface area contributed by atoms with Crippen LogP contribution in [0.2, 0.25) is 0 Å². The third-order valence-electron chi connectivity index (χ3n) is 2.27. The third kappa shape index (κ3) is 2.12. The van der Waals surface area contributed by atoms with E-state index in [1.165, 1.54) is 0 Å². The number of hydrogen-bond acceptors (Lipinski definition) is 3. The fraction of sp³-hybridized carbons (Fsp3) is 0.455. The van der Waals surface area contributed by atoms with Crippen LogP contribution in [0, 0.1) is 0 Å². The summed E-state index contributed by atoms with van der Waals surface area (Å²) in [5.41, 5.74) is 2.18. The van der Waals surface area contributed by atoms with Crippen molar-refractivity contribution in [2.24, 2.45) is 0 Å². The normalized spacial score (nSPS) is 17.5. The van der Waals surface area contributed by atoms with E-state index in [2.05, 4.69) is 0 Å². The minimum absolute atomic E-state index is 0.190. The summed E-state index contributed by atoms with van der Waals surface area (Å²) in [6.07, 6.45) is 0.505. The van der Waals surface area contributed by atoms with Crippen LogP contribution < -0.4 is 0 Å². The summed E-state index contributed by atoms with van der Waals surface area (Å²) < 4.78 is 10.7. The Morgan fingerprint density at radius 1 is 1.14 bits per heavy atom. The molecular weight excluding hydrogens is 180 g/mol. The van der Waals surface area contributed by atoms with Crippen LogP contribution >= 0.6 is 0 Å². The zero-order valence-corrected chi connectivity index (χ0v) is 7.98. The van der Waals surface area contributed by atoms with Gasteiger partial charge in [-0.2, -0.15) is 0 Å². The molecule has 1 aliphatic rings. The molecule has 14 heavy (non-hydrogen) atoms. The topological polar surface area (TPSA) is 38.7 Å². The Balaban J connectivity index is 2.05. The summed E-state index contributed by atoms with van der Waals surface area (Å²) in [6, 6.07) is 7.97. The van der Waals surface area contributed by atoms with E-state index in [0.717, 1.165) is 11.1 Å². The van der Waals surface area contributed by atoms with Crippen molar-refractivity contribution in [1.29, 1.82) is 0 Å². The summed E-state index contributed by atoms with van der Waals surface area (Å²) in [5, 5.41) is 8.75. The van der Waals surface area contributed by atoms with Crippen molar-refractivity contribution in [2.45, 2.75) is 12.7 Å². The van der Waals surface area contributed by atoms with Gasteiger partial charge >= 0.3 is 0 Å². The van der Waals surface area contributed by atoms with Crippen LogP contribution in [-0.4, -0.2) is 24.9 Å². The molecule has 0 atom stereocenters. The first kappa shape index (κ1) is 9.65. The number of ether oxygens (including phenoxy) is 2. The van der Waals surface area contributed by atoms with Crippen LogP contribution in [0.15, 0.2) is 24.3 Å². The molecule has 0 radical (unpaired) electrons. The molecule has 3 nitrogen and oxygen atoms in total. The van der Waals surface area contributed by atoms with Gasteiger partial charge in [-0.25, -0.2) is 0 Å². The Morgan fingerprint density at radius 3 is 2.36 bits per heavy atom. The van der Waals surface area contributed by atoms with E-state index >= 15 is 0 Å². The van der Waals surface area contributed by atoms with Crippen molar-refractivity contribution >= 4 is 0 Å². The third-order valence-corrected chi connectivity index (χ3v) is 2.27. The lowest BCUT2D eigenvalue weighted by molar-refractivity contribution is -0.0441. The van der Waals surface area contributed by atoms with Gasteiger partial charge in [0.15, 0.2) is 6.29 Å². The molecule has 0 amide bonds. The fourth-order valence-corrected chi connectivity index (χ4v) is 1.52. The van der Waals surface area contributed by atoms with E-state index in [0.29, 0.717) is 19.6 Å². The maximum Gasteiger partial charge on any atom is 0.184 e. The smallest absolute Gasteiger partial charge is 0.184 e. The predicted molar refractivity (Wildman–Crippen MR) is 51.9 cm³/mol. The van der Waals surface area contributed by atoms with Gasteiger partial charge in [0, 0.05) is 12.2 Å². The summed E-state index contributed by atoms with van der Waals surface area (Å²) in [7, 11) is 0. The molecule has 0 aliphatic carbocycles. The first-order chi connectivity index (χ1) is 6.90. The minimum Gasteiger partial charge on any atom is -0.396 e. The fourth-order valence-electron chi connectivity index (χ4n) is 1.52. The van der Waals surface area contributed by atoms with E-state index in [1.54, 1.807) is 0 Å². The summed E-state index contributed by atoms with van der Waals surface area (Å²) in [5.74, 6) is 0. The van der Waals surface area contributed by atoms with Gasteiger partial charge in [0.2, 0.25) is 0 Å². The molecule has 1 N–H and O–H groups in total. The monoisotopic (exact) mass is 194 g/mol. The largest absolute Gasteiger partial charge is 0.396 e. The van der Waals surface area contributed by atoms with Crippen molar-refractivity contribution in [3.8, 4) is 0 Å². The second-order valence-electron chi connectivity index (χ2n) is 3.29. The average molecular weight is 194 g/mol. The van der Waals surface area contributed by atoms with E-state index in [1.807, 2.05) is 24.3 Å². The van der Waals surface area contributed by atoms with Crippen LogP contribution in [-0.2, 0) is 15.9 Å². The quantitative estimate of drug-likeness (QED) is 0.787. The molecule has 0 saturated carbocycles. The molecule has 1 aromatic rings. The molecule has 76 valence electrons. The molecule has 1 aromatic carbocycles. The van der Waals surface area contributed by atoms with Crippen LogP contribution in [0.1, 0.15) is 17.4 Å². The maximum absolute atomic E-state index is 8.75. The van der Waals surface area contributed by atoms with Gasteiger partial charge in [-0.3, -0.25) is 0 Å². The lowest BCUT2D eigenvalue weighted by Gasteiger charge is -2.09. The highest BCUT2D eigenvalue weighted by Gasteiger charge is 2.17.